The van der Waals surface area contributed by atoms with Gasteiger partial charge in [-0.2, -0.15) is 0 Å². The Labute approximate surface area is 120 Å². The molecule has 2 nitrogen and oxygen atoms in total. The molecule has 0 aromatic heterocycles. The van der Waals surface area contributed by atoms with Crippen molar-refractivity contribution in [3.8, 4) is 5.75 Å². The number of carbonyl (C=O) groups excluding carboxylic acids is 1. The van der Waals surface area contributed by atoms with Crippen molar-refractivity contribution < 1.29 is 9.53 Å². The van der Waals surface area contributed by atoms with Gasteiger partial charge in [-0.15, -0.1) is 0 Å². The quantitative estimate of drug-likeness (QED) is 0.776. The SMILES string of the molecule is Cc1ccc2c(c1)C(=O)C[C@@H](c1ccc(Br)cc1)O2. The van der Waals surface area contributed by atoms with Gasteiger partial charge in [-0.1, -0.05) is 39.7 Å². The van der Waals surface area contributed by atoms with Gasteiger partial charge in [0, 0.05) is 4.47 Å². The zero-order chi connectivity index (χ0) is 13.4. The third kappa shape index (κ3) is 2.43. The van der Waals surface area contributed by atoms with Gasteiger partial charge >= 0.3 is 0 Å². The van der Waals surface area contributed by atoms with E-state index in [1.807, 2.05) is 49.4 Å². The van der Waals surface area contributed by atoms with Gasteiger partial charge in [0.15, 0.2) is 5.78 Å². The number of ketones is 1. The van der Waals surface area contributed by atoms with Crippen LogP contribution >= 0.6 is 15.9 Å². The number of halogens is 1. The standard InChI is InChI=1S/C16H13BrO2/c1-10-2-7-15-13(8-10)14(18)9-16(19-15)11-3-5-12(17)6-4-11/h2-8,16H,9H2,1H3/t16-/m0/s1. The highest BCUT2D eigenvalue weighted by Crippen LogP contribution is 2.35. The van der Waals surface area contributed by atoms with Crippen molar-refractivity contribution in [2.75, 3.05) is 0 Å². The summed E-state index contributed by atoms with van der Waals surface area (Å²) >= 11 is 3.41. The van der Waals surface area contributed by atoms with Crippen molar-refractivity contribution in [3.63, 3.8) is 0 Å². The van der Waals surface area contributed by atoms with Crippen molar-refractivity contribution >= 4 is 21.7 Å². The maximum atomic E-state index is 12.2. The molecule has 96 valence electrons. The largest absolute Gasteiger partial charge is 0.484 e. The average molecular weight is 317 g/mol. The Bertz CT molecular complexity index is 632. The summed E-state index contributed by atoms with van der Waals surface area (Å²) in [4.78, 5) is 12.2. The van der Waals surface area contributed by atoms with Gasteiger partial charge in [0.25, 0.3) is 0 Å². The van der Waals surface area contributed by atoms with E-state index >= 15 is 0 Å². The Kier molecular flexibility index (Phi) is 3.15. The molecule has 0 bridgehead atoms. The fraction of sp³-hybridized carbons (Fsp3) is 0.188. The summed E-state index contributed by atoms with van der Waals surface area (Å²) in [5.41, 5.74) is 2.81. The first kappa shape index (κ1) is 12.4. The minimum Gasteiger partial charge on any atom is -0.484 e. The van der Waals surface area contributed by atoms with Crippen molar-refractivity contribution in [1.29, 1.82) is 0 Å². The third-order valence-corrected chi connectivity index (χ3v) is 3.85. The molecule has 0 amide bonds. The van der Waals surface area contributed by atoms with Crippen LogP contribution in [0.4, 0.5) is 0 Å². The van der Waals surface area contributed by atoms with Crippen LogP contribution in [0.5, 0.6) is 5.75 Å². The second kappa shape index (κ2) is 4.82. The van der Waals surface area contributed by atoms with Crippen LogP contribution in [0, 0.1) is 6.92 Å². The molecular formula is C16H13BrO2. The second-order valence-corrected chi connectivity index (χ2v) is 5.70. The molecule has 0 radical (unpaired) electrons. The zero-order valence-corrected chi connectivity index (χ0v) is 12.1. The molecule has 1 heterocycles. The van der Waals surface area contributed by atoms with E-state index < -0.39 is 0 Å². The summed E-state index contributed by atoms with van der Waals surface area (Å²) in [6, 6.07) is 13.7. The first-order valence-corrected chi connectivity index (χ1v) is 6.99. The van der Waals surface area contributed by atoms with Gasteiger partial charge in [0.2, 0.25) is 0 Å². The highest BCUT2D eigenvalue weighted by Gasteiger charge is 2.27. The predicted octanol–water partition coefficient (Wildman–Crippen LogP) is 4.46. The Morgan fingerprint density at radius 3 is 2.63 bits per heavy atom. The van der Waals surface area contributed by atoms with Crippen LogP contribution in [-0.4, -0.2) is 5.78 Å². The second-order valence-electron chi connectivity index (χ2n) is 4.78. The molecule has 3 heteroatoms. The Morgan fingerprint density at radius 2 is 1.89 bits per heavy atom. The molecule has 2 aromatic carbocycles. The summed E-state index contributed by atoms with van der Waals surface area (Å²) in [5.74, 6) is 0.840. The Morgan fingerprint density at radius 1 is 1.16 bits per heavy atom. The minimum absolute atomic E-state index is 0.151. The summed E-state index contributed by atoms with van der Waals surface area (Å²) in [6.45, 7) is 1.98. The maximum Gasteiger partial charge on any atom is 0.170 e. The topological polar surface area (TPSA) is 26.3 Å². The lowest BCUT2D eigenvalue weighted by molar-refractivity contribution is 0.0850. The molecule has 0 saturated carbocycles. The molecule has 1 aliphatic heterocycles. The molecule has 0 fully saturated rings. The molecule has 19 heavy (non-hydrogen) atoms. The first-order chi connectivity index (χ1) is 9.13. The fourth-order valence-electron chi connectivity index (χ4n) is 2.30. The molecule has 0 saturated heterocycles. The summed E-state index contributed by atoms with van der Waals surface area (Å²) < 4.78 is 6.97. The first-order valence-electron chi connectivity index (χ1n) is 6.19. The number of Topliss-reactive ketones (excluding diaryl/α,β-unsaturated/α-hetero) is 1. The van der Waals surface area contributed by atoms with Crippen LogP contribution in [-0.2, 0) is 0 Å². The number of ether oxygens (including phenoxy) is 1. The van der Waals surface area contributed by atoms with E-state index in [2.05, 4.69) is 15.9 Å². The summed E-state index contributed by atoms with van der Waals surface area (Å²) in [7, 11) is 0. The van der Waals surface area contributed by atoms with Crippen LogP contribution in [0.2, 0.25) is 0 Å². The van der Waals surface area contributed by atoms with E-state index in [1.165, 1.54) is 0 Å². The Balaban J connectivity index is 1.95. The number of carbonyl (C=O) groups is 1. The lowest BCUT2D eigenvalue weighted by Gasteiger charge is -2.25. The van der Waals surface area contributed by atoms with E-state index in [9.17, 15) is 4.79 Å². The van der Waals surface area contributed by atoms with Gasteiger partial charge in [-0.3, -0.25) is 4.79 Å². The number of benzene rings is 2. The maximum absolute atomic E-state index is 12.2. The normalized spacial score (nSPS) is 17.8. The van der Waals surface area contributed by atoms with E-state index in [0.717, 1.165) is 15.6 Å². The van der Waals surface area contributed by atoms with Gasteiger partial charge in [-0.05, 0) is 36.8 Å². The highest BCUT2D eigenvalue weighted by atomic mass is 79.9. The number of hydrogen-bond donors (Lipinski definition) is 0. The van der Waals surface area contributed by atoms with E-state index in [0.29, 0.717) is 17.7 Å². The molecule has 0 N–H and O–H groups in total. The highest BCUT2D eigenvalue weighted by molar-refractivity contribution is 9.10. The molecule has 1 aliphatic rings. The average Bonchev–Trinajstić information content (AvgIpc) is 2.40. The molecule has 0 spiro atoms. The smallest absolute Gasteiger partial charge is 0.170 e. The van der Waals surface area contributed by atoms with E-state index in [1.54, 1.807) is 0 Å². The number of fused-ring (bicyclic) bond motifs is 1. The van der Waals surface area contributed by atoms with Crippen molar-refractivity contribution in [2.24, 2.45) is 0 Å². The summed E-state index contributed by atoms with van der Waals surface area (Å²) in [6.07, 6.45) is 0.216. The summed E-state index contributed by atoms with van der Waals surface area (Å²) in [5, 5.41) is 0. The Hall–Kier alpha value is -1.61. The van der Waals surface area contributed by atoms with Gasteiger partial charge in [0.1, 0.15) is 11.9 Å². The lowest BCUT2D eigenvalue weighted by Crippen LogP contribution is -2.20. The monoisotopic (exact) mass is 316 g/mol. The van der Waals surface area contributed by atoms with Crippen LogP contribution in [0.15, 0.2) is 46.9 Å². The minimum atomic E-state index is -0.184. The molecular weight excluding hydrogens is 304 g/mol. The molecule has 3 rings (SSSR count). The number of aryl methyl sites for hydroxylation is 1. The van der Waals surface area contributed by atoms with Crippen LogP contribution in [0.3, 0.4) is 0 Å². The zero-order valence-electron chi connectivity index (χ0n) is 10.5. The molecule has 2 aromatic rings. The molecule has 0 aliphatic carbocycles. The molecule has 1 atom stereocenters. The van der Waals surface area contributed by atoms with Crippen molar-refractivity contribution in [3.05, 3.63) is 63.6 Å². The molecule has 0 unspecified atom stereocenters. The van der Waals surface area contributed by atoms with E-state index in [-0.39, 0.29) is 11.9 Å². The van der Waals surface area contributed by atoms with Crippen LogP contribution in [0.1, 0.15) is 34.0 Å². The fourth-order valence-corrected chi connectivity index (χ4v) is 2.57. The van der Waals surface area contributed by atoms with E-state index in [4.69, 9.17) is 4.74 Å². The van der Waals surface area contributed by atoms with Gasteiger partial charge in [-0.25, -0.2) is 0 Å². The number of hydrogen-bond acceptors (Lipinski definition) is 2. The van der Waals surface area contributed by atoms with Crippen LogP contribution < -0.4 is 4.74 Å². The van der Waals surface area contributed by atoms with Crippen molar-refractivity contribution in [1.82, 2.24) is 0 Å². The van der Waals surface area contributed by atoms with Gasteiger partial charge in [0.05, 0.1) is 12.0 Å². The van der Waals surface area contributed by atoms with Gasteiger partial charge < -0.3 is 4.74 Å². The number of rotatable bonds is 1. The van der Waals surface area contributed by atoms with Crippen molar-refractivity contribution in [2.45, 2.75) is 19.4 Å². The predicted molar refractivity (Wildman–Crippen MR) is 77.6 cm³/mol. The third-order valence-electron chi connectivity index (χ3n) is 3.32. The lowest BCUT2D eigenvalue weighted by atomic mass is 9.95. The van der Waals surface area contributed by atoms with Crippen LogP contribution in [0.25, 0.3) is 0 Å².